The van der Waals surface area contributed by atoms with Gasteiger partial charge in [-0.3, -0.25) is 9.59 Å². The van der Waals surface area contributed by atoms with Crippen molar-refractivity contribution >= 4 is 17.8 Å². The van der Waals surface area contributed by atoms with Crippen molar-refractivity contribution in [2.24, 2.45) is 0 Å². The molecule has 7 heteroatoms. The quantitative estimate of drug-likeness (QED) is 0.463. The van der Waals surface area contributed by atoms with Crippen molar-refractivity contribution in [3.05, 3.63) is 12.2 Å². The standard InChI is InChI=1S/C13H22N2O5/c1-10(2)13(18)20-7-5-11(16)14-9-12(17)19-8-6-15(3)4/h1,5-9H2,2-4H3,(H,14,16). The monoisotopic (exact) mass is 286 g/mol. The van der Waals surface area contributed by atoms with Gasteiger partial charge >= 0.3 is 11.9 Å². The third-order valence-electron chi connectivity index (χ3n) is 2.14. The van der Waals surface area contributed by atoms with Crippen molar-refractivity contribution in [1.29, 1.82) is 0 Å². The Labute approximate surface area is 118 Å². The molecule has 1 amide bonds. The van der Waals surface area contributed by atoms with Crippen molar-refractivity contribution in [3.8, 4) is 0 Å². The minimum atomic E-state index is -0.541. The molecule has 1 N–H and O–H groups in total. The molecule has 0 aliphatic rings. The third-order valence-corrected chi connectivity index (χ3v) is 2.14. The maximum absolute atomic E-state index is 11.3. The van der Waals surface area contributed by atoms with Crippen LogP contribution in [0.3, 0.4) is 0 Å². The second kappa shape index (κ2) is 9.96. The zero-order valence-electron chi connectivity index (χ0n) is 12.2. The van der Waals surface area contributed by atoms with Gasteiger partial charge in [0.25, 0.3) is 0 Å². The number of carbonyl (C=O) groups excluding carboxylic acids is 3. The lowest BCUT2D eigenvalue weighted by atomic mass is 10.3. The van der Waals surface area contributed by atoms with E-state index in [4.69, 9.17) is 9.47 Å². The summed E-state index contributed by atoms with van der Waals surface area (Å²) >= 11 is 0. The Bertz CT molecular complexity index is 366. The van der Waals surface area contributed by atoms with E-state index in [-0.39, 0.29) is 37.7 Å². The first kappa shape index (κ1) is 18.1. The highest BCUT2D eigenvalue weighted by Gasteiger charge is 2.08. The molecule has 0 aromatic heterocycles. The summed E-state index contributed by atoms with van der Waals surface area (Å²) in [7, 11) is 3.73. The molecule has 0 aliphatic carbocycles. The van der Waals surface area contributed by atoms with Crippen LogP contribution in [0.2, 0.25) is 0 Å². The van der Waals surface area contributed by atoms with Crippen LogP contribution in [0.5, 0.6) is 0 Å². The average Bonchev–Trinajstić information content (AvgIpc) is 2.35. The molecule has 7 nitrogen and oxygen atoms in total. The summed E-state index contributed by atoms with van der Waals surface area (Å²) in [5.41, 5.74) is 0.273. The van der Waals surface area contributed by atoms with E-state index in [0.717, 1.165) is 0 Å². The number of rotatable bonds is 9. The Morgan fingerprint density at radius 2 is 1.80 bits per heavy atom. The van der Waals surface area contributed by atoms with Gasteiger partial charge in [0.05, 0.1) is 6.42 Å². The SMILES string of the molecule is C=C(C)C(=O)OCCC(=O)NCC(=O)OCCN(C)C. The van der Waals surface area contributed by atoms with Crippen molar-refractivity contribution < 1.29 is 23.9 Å². The number of carbonyl (C=O) groups is 3. The molecule has 0 rings (SSSR count). The highest BCUT2D eigenvalue weighted by Crippen LogP contribution is 1.93. The number of esters is 2. The van der Waals surface area contributed by atoms with Crippen LogP contribution < -0.4 is 5.32 Å². The molecule has 0 unspecified atom stereocenters. The maximum Gasteiger partial charge on any atom is 0.333 e. The number of amides is 1. The van der Waals surface area contributed by atoms with Crippen LogP contribution in [0.15, 0.2) is 12.2 Å². The molecule has 0 aromatic carbocycles. The van der Waals surface area contributed by atoms with Gasteiger partial charge in [-0.15, -0.1) is 0 Å². The van der Waals surface area contributed by atoms with E-state index in [1.54, 1.807) is 0 Å². The second-order valence-corrected chi connectivity index (χ2v) is 4.47. The largest absolute Gasteiger partial charge is 0.463 e. The van der Waals surface area contributed by atoms with Crippen LogP contribution in [-0.4, -0.2) is 63.1 Å². The van der Waals surface area contributed by atoms with E-state index in [0.29, 0.717) is 6.54 Å². The van der Waals surface area contributed by atoms with Crippen LogP contribution in [0.4, 0.5) is 0 Å². The lowest BCUT2D eigenvalue weighted by Crippen LogP contribution is -2.32. The van der Waals surface area contributed by atoms with Crippen LogP contribution in [-0.2, 0) is 23.9 Å². The van der Waals surface area contributed by atoms with Crippen LogP contribution in [0.1, 0.15) is 13.3 Å². The number of ether oxygens (including phenoxy) is 2. The average molecular weight is 286 g/mol. The predicted molar refractivity (Wildman–Crippen MR) is 72.9 cm³/mol. The van der Waals surface area contributed by atoms with E-state index in [9.17, 15) is 14.4 Å². The molecule has 0 fully saturated rings. The fraction of sp³-hybridized carbons (Fsp3) is 0.615. The first-order chi connectivity index (χ1) is 9.32. The Morgan fingerprint density at radius 1 is 1.15 bits per heavy atom. The van der Waals surface area contributed by atoms with Crippen molar-refractivity contribution in [2.45, 2.75) is 13.3 Å². The molecule has 0 aromatic rings. The summed E-state index contributed by atoms with van der Waals surface area (Å²) in [6, 6.07) is 0. The molecule has 0 spiro atoms. The number of nitrogens with one attached hydrogen (secondary N) is 1. The van der Waals surface area contributed by atoms with Gasteiger partial charge in [0, 0.05) is 12.1 Å². The van der Waals surface area contributed by atoms with Crippen molar-refractivity contribution in [1.82, 2.24) is 10.2 Å². The summed E-state index contributed by atoms with van der Waals surface area (Å²) in [5, 5.41) is 2.38. The molecule has 0 atom stereocenters. The summed E-state index contributed by atoms with van der Waals surface area (Å²) in [4.78, 5) is 35.5. The van der Waals surface area contributed by atoms with E-state index < -0.39 is 11.9 Å². The van der Waals surface area contributed by atoms with Crippen LogP contribution >= 0.6 is 0 Å². The molecule has 0 saturated heterocycles. The molecular weight excluding hydrogens is 264 g/mol. The maximum atomic E-state index is 11.3. The van der Waals surface area contributed by atoms with Crippen LogP contribution in [0, 0.1) is 0 Å². The number of hydrogen-bond acceptors (Lipinski definition) is 6. The Kier molecular flexibility index (Phi) is 9.02. The van der Waals surface area contributed by atoms with Gasteiger partial charge < -0.3 is 19.7 Å². The summed E-state index contributed by atoms with van der Waals surface area (Å²) in [5.74, 6) is -1.43. The van der Waals surface area contributed by atoms with E-state index in [2.05, 4.69) is 11.9 Å². The van der Waals surface area contributed by atoms with Crippen molar-refractivity contribution in [2.75, 3.05) is 40.4 Å². The molecule has 0 heterocycles. The molecule has 0 radical (unpaired) electrons. The minimum Gasteiger partial charge on any atom is -0.463 e. The van der Waals surface area contributed by atoms with Gasteiger partial charge in [0.15, 0.2) is 0 Å². The summed E-state index contributed by atoms with van der Waals surface area (Å²) < 4.78 is 9.64. The van der Waals surface area contributed by atoms with E-state index in [1.165, 1.54) is 6.92 Å². The van der Waals surface area contributed by atoms with Gasteiger partial charge in [0.2, 0.25) is 5.91 Å². The van der Waals surface area contributed by atoms with Crippen LogP contribution in [0.25, 0.3) is 0 Å². The van der Waals surface area contributed by atoms with Gasteiger partial charge in [-0.2, -0.15) is 0 Å². The lowest BCUT2D eigenvalue weighted by Gasteiger charge is -2.10. The van der Waals surface area contributed by atoms with E-state index >= 15 is 0 Å². The predicted octanol–water partition coefficient (Wildman–Crippen LogP) is -0.283. The number of likely N-dealkylation sites (N-methyl/N-ethyl adjacent to an activating group) is 1. The summed E-state index contributed by atoms with van der Waals surface area (Å²) in [6.45, 7) is 5.59. The Morgan fingerprint density at radius 3 is 2.35 bits per heavy atom. The normalized spacial score (nSPS) is 10.0. The number of hydrogen-bond donors (Lipinski definition) is 1. The zero-order valence-corrected chi connectivity index (χ0v) is 12.2. The topological polar surface area (TPSA) is 84.9 Å². The van der Waals surface area contributed by atoms with Gasteiger partial charge in [0.1, 0.15) is 19.8 Å². The molecule has 20 heavy (non-hydrogen) atoms. The summed E-state index contributed by atoms with van der Waals surface area (Å²) in [6.07, 6.45) is -0.00992. The Hall–Kier alpha value is -1.89. The fourth-order valence-corrected chi connectivity index (χ4v) is 1.01. The van der Waals surface area contributed by atoms with Crippen molar-refractivity contribution in [3.63, 3.8) is 0 Å². The first-order valence-electron chi connectivity index (χ1n) is 6.22. The third kappa shape index (κ3) is 10.1. The molecular formula is C13H22N2O5. The molecule has 0 saturated carbocycles. The van der Waals surface area contributed by atoms with Gasteiger partial charge in [-0.05, 0) is 21.0 Å². The first-order valence-corrected chi connectivity index (χ1v) is 6.22. The van der Waals surface area contributed by atoms with Gasteiger partial charge in [-0.25, -0.2) is 4.79 Å². The van der Waals surface area contributed by atoms with E-state index in [1.807, 2.05) is 19.0 Å². The molecule has 114 valence electrons. The number of nitrogens with zero attached hydrogens (tertiary/aromatic N) is 1. The molecule has 0 aliphatic heterocycles. The Balaban J connectivity index is 3.64. The smallest absolute Gasteiger partial charge is 0.333 e. The highest BCUT2D eigenvalue weighted by atomic mass is 16.5. The second-order valence-electron chi connectivity index (χ2n) is 4.47. The zero-order chi connectivity index (χ0) is 15.5. The van der Waals surface area contributed by atoms with Gasteiger partial charge in [-0.1, -0.05) is 6.58 Å². The molecule has 0 bridgehead atoms. The fourth-order valence-electron chi connectivity index (χ4n) is 1.01. The lowest BCUT2D eigenvalue weighted by molar-refractivity contribution is -0.145. The highest BCUT2D eigenvalue weighted by molar-refractivity contribution is 5.87. The minimum absolute atomic E-state index is 0.00992.